The first-order valence-corrected chi connectivity index (χ1v) is 10.7. The van der Waals surface area contributed by atoms with Gasteiger partial charge in [-0.05, 0) is 18.9 Å². The highest BCUT2D eigenvalue weighted by Gasteiger charge is 2.39. The Hall–Kier alpha value is -2.20. The van der Waals surface area contributed by atoms with Crippen LogP contribution in [0.1, 0.15) is 24.6 Å². The lowest BCUT2D eigenvalue weighted by molar-refractivity contribution is -0.0494. The van der Waals surface area contributed by atoms with Crippen LogP contribution < -0.4 is 15.4 Å². The van der Waals surface area contributed by atoms with Crippen LogP contribution in [0.5, 0.6) is 5.75 Å². The van der Waals surface area contributed by atoms with E-state index in [0.29, 0.717) is 35.8 Å². The van der Waals surface area contributed by atoms with E-state index in [1.54, 1.807) is 0 Å². The normalized spacial score (nSPS) is 25.9. The van der Waals surface area contributed by atoms with E-state index in [-0.39, 0.29) is 17.5 Å². The molecule has 3 saturated heterocycles. The summed E-state index contributed by atoms with van der Waals surface area (Å²) in [4.78, 5) is 15.9. The van der Waals surface area contributed by atoms with Crippen LogP contribution in [-0.4, -0.2) is 58.4 Å². The average Bonchev–Trinajstić information content (AvgIpc) is 3.47. The van der Waals surface area contributed by atoms with E-state index in [0.717, 1.165) is 30.4 Å². The monoisotopic (exact) mass is 421 g/mol. The molecule has 5 heterocycles. The number of rotatable bonds is 5. The quantitative estimate of drug-likeness (QED) is 0.789. The third-order valence-corrected chi connectivity index (χ3v) is 7.00. The van der Waals surface area contributed by atoms with E-state index in [1.807, 2.05) is 17.8 Å². The van der Waals surface area contributed by atoms with Crippen LogP contribution in [0.25, 0.3) is 11.3 Å². The summed E-state index contributed by atoms with van der Waals surface area (Å²) in [6, 6.07) is 3.84. The minimum Gasteiger partial charge on any atom is -0.431 e. The third kappa shape index (κ3) is 3.71. The van der Waals surface area contributed by atoms with Gasteiger partial charge in [0.15, 0.2) is 11.6 Å². The largest absolute Gasteiger partial charge is 0.431 e. The number of hydrogen-bond donors (Lipinski definition) is 1. The Labute approximate surface area is 171 Å². The van der Waals surface area contributed by atoms with Crippen molar-refractivity contribution >= 4 is 23.4 Å². The molecule has 7 nitrogen and oxygen atoms in total. The summed E-state index contributed by atoms with van der Waals surface area (Å²) in [5.74, 6) is 2.58. The van der Waals surface area contributed by atoms with Gasteiger partial charge in [-0.25, -0.2) is 15.0 Å². The summed E-state index contributed by atoms with van der Waals surface area (Å²) in [5.41, 5.74) is 6.88. The maximum absolute atomic E-state index is 12.7. The molecule has 2 aromatic heterocycles. The first-order valence-electron chi connectivity index (χ1n) is 9.62. The maximum Gasteiger partial charge on any atom is 0.387 e. The van der Waals surface area contributed by atoms with Gasteiger partial charge < -0.3 is 20.1 Å². The summed E-state index contributed by atoms with van der Waals surface area (Å²) in [6.07, 6.45) is 3.56. The van der Waals surface area contributed by atoms with Crippen molar-refractivity contribution in [2.75, 3.05) is 36.1 Å². The van der Waals surface area contributed by atoms with Crippen molar-refractivity contribution in [2.24, 2.45) is 0 Å². The molecule has 0 saturated carbocycles. The van der Waals surface area contributed by atoms with E-state index >= 15 is 0 Å². The fourth-order valence-corrected chi connectivity index (χ4v) is 5.57. The number of anilines is 2. The second-order valence-corrected chi connectivity index (χ2v) is 8.85. The highest BCUT2D eigenvalue weighted by Crippen LogP contribution is 2.41. The van der Waals surface area contributed by atoms with Crippen molar-refractivity contribution in [3.8, 4) is 17.0 Å². The van der Waals surface area contributed by atoms with Gasteiger partial charge in [0.1, 0.15) is 11.6 Å². The first-order chi connectivity index (χ1) is 14.1. The SMILES string of the molecule is Nc1ncc(-c2cc(N3CC4CC3CS4)nc(C3CCOC3)n2)cc1OC(F)F. The molecule has 3 unspecified atom stereocenters. The molecule has 5 rings (SSSR count). The molecule has 0 aliphatic carbocycles. The van der Waals surface area contributed by atoms with Gasteiger partial charge in [-0.3, -0.25) is 0 Å². The summed E-state index contributed by atoms with van der Waals surface area (Å²) < 4.78 is 35.4. The van der Waals surface area contributed by atoms with Crippen molar-refractivity contribution in [1.29, 1.82) is 0 Å². The number of fused-ring (bicyclic) bond motifs is 2. The number of aromatic nitrogens is 3. The van der Waals surface area contributed by atoms with Crippen LogP contribution in [0, 0.1) is 0 Å². The number of pyridine rings is 1. The van der Waals surface area contributed by atoms with E-state index < -0.39 is 6.61 Å². The molecule has 2 bridgehead atoms. The Morgan fingerprint density at radius 1 is 1.31 bits per heavy atom. The molecule has 0 amide bonds. The fourth-order valence-electron chi connectivity index (χ4n) is 4.13. The number of alkyl halides is 2. The third-order valence-electron chi connectivity index (χ3n) is 5.61. The van der Waals surface area contributed by atoms with Crippen LogP contribution >= 0.6 is 11.8 Å². The van der Waals surface area contributed by atoms with Gasteiger partial charge in [-0.15, -0.1) is 0 Å². The van der Waals surface area contributed by atoms with E-state index in [4.69, 9.17) is 20.4 Å². The van der Waals surface area contributed by atoms with Crippen LogP contribution in [0.15, 0.2) is 18.3 Å². The Morgan fingerprint density at radius 3 is 2.90 bits per heavy atom. The highest BCUT2D eigenvalue weighted by atomic mass is 32.2. The lowest BCUT2D eigenvalue weighted by atomic mass is 10.1. The van der Waals surface area contributed by atoms with Gasteiger partial charge in [0, 0.05) is 53.9 Å². The highest BCUT2D eigenvalue weighted by molar-refractivity contribution is 8.00. The van der Waals surface area contributed by atoms with E-state index in [9.17, 15) is 8.78 Å². The topological polar surface area (TPSA) is 86.4 Å². The number of nitrogen functional groups attached to an aromatic ring is 1. The smallest absolute Gasteiger partial charge is 0.387 e. The van der Waals surface area contributed by atoms with Crippen molar-refractivity contribution < 1.29 is 18.3 Å². The summed E-state index contributed by atoms with van der Waals surface area (Å²) in [5, 5.41) is 0.640. The second-order valence-electron chi connectivity index (χ2n) is 7.51. The number of halogens is 2. The molecule has 0 spiro atoms. The molecule has 3 atom stereocenters. The van der Waals surface area contributed by atoms with Gasteiger partial charge in [0.05, 0.1) is 12.3 Å². The van der Waals surface area contributed by atoms with Crippen LogP contribution in [0.2, 0.25) is 0 Å². The van der Waals surface area contributed by atoms with Crippen molar-refractivity contribution in [3.05, 3.63) is 24.2 Å². The minimum absolute atomic E-state index is 0.0818. The Kier molecular flexibility index (Phi) is 4.91. The maximum atomic E-state index is 12.7. The van der Waals surface area contributed by atoms with Gasteiger partial charge in [0.2, 0.25) is 0 Å². The Morgan fingerprint density at radius 2 is 2.21 bits per heavy atom. The van der Waals surface area contributed by atoms with Gasteiger partial charge >= 0.3 is 6.61 Å². The molecular weight excluding hydrogens is 400 g/mol. The van der Waals surface area contributed by atoms with Crippen molar-refractivity contribution in [1.82, 2.24) is 15.0 Å². The zero-order valence-electron chi connectivity index (χ0n) is 15.6. The molecule has 0 radical (unpaired) electrons. The minimum atomic E-state index is -2.97. The van der Waals surface area contributed by atoms with Gasteiger partial charge in [0.25, 0.3) is 0 Å². The standard InChI is InChI=1S/C19H21F2N5O2S/c20-19(21)28-15-3-11(6-23-17(15)22)14-5-16(26-7-13-4-12(26)9-29-13)25-18(24-14)10-1-2-27-8-10/h3,5-6,10,12-13,19H,1-2,4,7-9H2,(H2,22,23). The summed E-state index contributed by atoms with van der Waals surface area (Å²) in [6.45, 7) is -0.732. The Bertz CT molecular complexity index is 912. The first kappa shape index (κ1) is 18.8. The van der Waals surface area contributed by atoms with Crippen LogP contribution in [0.4, 0.5) is 20.4 Å². The van der Waals surface area contributed by atoms with Gasteiger partial charge in [-0.2, -0.15) is 20.5 Å². The van der Waals surface area contributed by atoms with Crippen molar-refractivity contribution in [2.45, 2.75) is 36.7 Å². The molecule has 3 aliphatic heterocycles. The zero-order valence-corrected chi connectivity index (χ0v) is 16.4. The molecule has 2 N–H and O–H groups in total. The van der Waals surface area contributed by atoms with Crippen molar-refractivity contribution in [3.63, 3.8) is 0 Å². The summed E-state index contributed by atoms with van der Waals surface area (Å²) >= 11 is 2.01. The average molecular weight is 421 g/mol. The summed E-state index contributed by atoms with van der Waals surface area (Å²) in [7, 11) is 0. The molecule has 2 aromatic rings. The lowest BCUT2D eigenvalue weighted by Crippen LogP contribution is -2.34. The number of hydrogen-bond acceptors (Lipinski definition) is 8. The van der Waals surface area contributed by atoms with Crippen LogP contribution in [-0.2, 0) is 4.74 Å². The number of ether oxygens (including phenoxy) is 2. The van der Waals surface area contributed by atoms with Crippen LogP contribution in [0.3, 0.4) is 0 Å². The Balaban J connectivity index is 1.55. The number of thioether (sulfide) groups is 1. The molecule has 154 valence electrons. The molecule has 10 heteroatoms. The van der Waals surface area contributed by atoms with Gasteiger partial charge in [-0.1, -0.05) is 0 Å². The number of nitrogens with two attached hydrogens (primary N) is 1. The fraction of sp³-hybridized carbons (Fsp3) is 0.526. The van der Waals surface area contributed by atoms with E-state index in [2.05, 4.69) is 14.6 Å². The zero-order chi connectivity index (χ0) is 20.0. The molecule has 29 heavy (non-hydrogen) atoms. The lowest BCUT2D eigenvalue weighted by Gasteiger charge is -2.28. The second kappa shape index (κ2) is 7.56. The van der Waals surface area contributed by atoms with E-state index in [1.165, 1.54) is 18.7 Å². The molecule has 3 aliphatic rings. The molecular formula is C19H21F2N5O2S. The predicted octanol–water partition coefficient (Wildman–Crippen LogP) is 2.92. The molecule has 0 aromatic carbocycles. The number of nitrogens with zero attached hydrogens (tertiary/aromatic N) is 4. The predicted molar refractivity (Wildman–Crippen MR) is 106 cm³/mol. The molecule has 3 fully saturated rings.